The van der Waals surface area contributed by atoms with Gasteiger partial charge < -0.3 is 19.3 Å². The molecule has 0 amide bonds. The number of aliphatic hydroxyl groups is 1. The molecule has 0 aromatic heterocycles. The Morgan fingerprint density at radius 3 is 3.00 bits per heavy atom. The largest absolute Gasteiger partial charge is 0.501 e. The van der Waals surface area contributed by atoms with Gasteiger partial charge in [-0.25, -0.2) is 0 Å². The molecular formula is C10H16O4. The zero-order chi connectivity index (χ0) is 10.1. The van der Waals surface area contributed by atoms with Crippen LogP contribution in [-0.4, -0.2) is 43.2 Å². The van der Waals surface area contributed by atoms with Crippen LogP contribution < -0.4 is 0 Å². The standard InChI is InChI=1S/C10H16O4/c1-3-13-5-6-4-7-10(12-2)8(11)9(6)14-7/h3,6-11H,1,4-5H2,2H3. The zero-order valence-corrected chi connectivity index (χ0v) is 8.26. The number of ether oxygens (including phenoxy) is 3. The molecule has 2 heterocycles. The van der Waals surface area contributed by atoms with E-state index in [0.717, 1.165) is 6.42 Å². The van der Waals surface area contributed by atoms with Crippen molar-refractivity contribution in [3.8, 4) is 0 Å². The molecule has 2 fully saturated rings. The van der Waals surface area contributed by atoms with E-state index in [4.69, 9.17) is 14.2 Å². The van der Waals surface area contributed by atoms with Gasteiger partial charge in [0.1, 0.15) is 12.2 Å². The van der Waals surface area contributed by atoms with Crippen molar-refractivity contribution in [3.05, 3.63) is 12.8 Å². The summed E-state index contributed by atoms with van der Waals surface area (Å²) in [5.74, 6) is 0.263. The minimum Gasteiger partial charge on any atom is -0.501 e. The Morgan fingerprint density at radius 2 is 2.43 bits per heavy atom. The second-order valence-electron chi connectivity index (χ2n) is 3.83. The highest BCUT2D eigenvalue weighted by atomic mass is 16.6. The van der Waals surface area contributed by atoms with Crippen molar-refractivity contribution in [1.29, 1.82) is 0 Å². The third-order valence-electron chi connectivity index (χ3n) is 3.07. The third kappa shape index (κ3) is 1.43. The van der Waals surface area contributed by atoms with Gasteiger partial charge in [-0.1, -0.05) is 6.58 Å². The fraction of sp³-hybridized carbons (Fsp3) is 0.800. The number of methoxy groups -OCH3 is 1. The molecule has 0 spiro atoms. The Labute approximate surface area is 83.5 Å². The summed E-state index contributed by atoms with van der Waals surface area (Å²) in [6.45, 7) is 4.05. The maximum absolute atomic E-state index is 9.82. The highest BCUT2D eigenvalue weighted by molar-refractivity contribution is 5.02. The van der Waals surface area contributed by atoms with Crippen molar-refractivity contribution in [2.24, 2.45) is 5.92 Å². The lowest BCUT2D eigenvalue weighted by Gasteiger charge is -2.27. The lowest BCUT2D eigenvalue weighted by Crippen LogP contribution is -2.43. The molecule has 0 aromatic rings. The van der Waals surface area contributed by atoms with Crippen molar-refractivity contribution in [2.45, 2.75) is 30.8 Å². The van der Waals surface area contributed by atoms with E-state index in [9.17, 15) is 5.11 Å². The monoisotopic (exact) mass is 200 g/mol. The van der Waals surface area contributed by atoms with Crippen LogP contribution >= 0.6 is 0 Å². The molecule has 1 N–H and O–H groups in total. The Hall–Kier alpha value is -0.580. The fourth-order valence-electron chi connectivity index (χ4n) is 2.42. The van der Waals surface area contributed by atoms with Crippen LogP contribution in [0, 0.1) is 5.92 Å². The summed E-state index contributed by atoms with van der Waals surface area (Å²) in [4.78, 5) is 0. The first kappa shape index (κ1) is 9.96. The van der Waals surface area contributed by atoms with Gasteiger partial charge in [0.15, 0.2) is 0 Å². The van der Waals surface area contributed by atoms with Gasteiger partial charge in [0.25, 0.3) is 0 Å². The number of hydrogen-bond acceptors (Lipinski definition) is 4. The lowest BCUT2D eigenvalue weighted by atomic mass is 9.86. The van der Waals surface area contributed by atoms with Crippen LogP contribution in [0.1, 0.15) is 6.42 Å². The molecule has 2 aliphatic rings. The first-order valence-electron chi connectivity index (χ1n) is 4.86. The van der Waals surface area contributed by atoms with Gasteiger partial charge >= 0.3 is 0 Å². The SMILES string of the molecule is C=COCC1CC2OC1C(O)C2OC. The number of aliphatic hydroxyl groups excluding tert-OH is 1. The van der Waals surface area contributed by atoms with Crippen LogP contribution in [0.2, 0.25) is 0 Å². The summed E-state index contributed by atoms with van der Waals surface area (Å²) in [5, 5.41) is 9.82. The van der Waals surface area contributed by atoms with Gasteiger partial charge in [-0.05, 0) is 6.42 Å². The minimum atomic E-state index is -0.517. The maximum Gasteiger partial charge on any atom is 0.112 e. The quantitative estimate of drug-likeness (QED) is 0.663. The Morgan fingerprint density at radius 1 is 1.64 bits per heavy atom. The van der Waals surface area contributed by atoms with E-state index in [1.165, 1.54) is 6.26 Å². The predicted molar refractivity (Wildman–Crippen MR) is 49.7 cm³/mol. The molecule has 5 atom stereocenters. The molecule has 0 aliphatic carbocycles. The minimum absolute atomic E-state index is 0.0263. The summed E-state index contributed by atoms with van der Waals surface area (Å²) in [5.41, 5.74) is 0. The lowest BCUT2D eigenvalue weighted by molar-refractivity contribution is -0.0355. The Bertz CT molecular complexity index is 216. The average Bonchev–Trinajstić information content (AvgIpc) is 2.71. The van der Waals surface area contributed by atoms with Crippen LogP contribution in [0.15, 0.2) is 12.8 Å². The third-order valence-corrected chi connectivity index (χ3v) is 3.07. The van der Waals surface area contributed by atoms with Gasteiger partial charge in [0.2, 0.25) is 0 Å². The molecule has 2 bridgehead atoms. The van der Waals surface area contributed by atoms with E-state index in [1.807, 2.05) is 0 Å². The highest BCUT2D eigenvalue weighted by Gasteiger charge is 2.54. The second kappa shape index (κ2) is 3.88. The molecule has 0 saturated carbocycles. The molecule has 4 heteroatoms. The molecule has 2 saturated heterocycles. The number of fused-ring (bicyclic) bond motifs is 2. The van der Waals surface area contributed by atoms with Crippen LogP contribution in [0.3, 0.4) is 0 Å². The predicted octanol–water partition coefficient (Wildman–Crippen LogP) is 0.310. The van der Waals surface area contributed by atoms with Crippen molar-refractivity contribution >= 4 is 0 Å². The average molecular weight is 200 g/mol. The van der Waals surface area contributed by atoms with Gasteiger partial charge in [-0.15, -0.1) is 0 Å². The highest BCUT2D eigenvalue weighted by Crippen LogP contribution is 2.40. The molecule has 0 aromatic carbocycles. The molecule has 14 heavy (non-hydrogen) atoms. The number of hydrogen-bond donors (Lipinski definition) is 1. The second-order valence-corrected chi connectivity index (χ2v) is 3.83. The van der Waals surface area contributed by atoms with Crippen LogP contribution in [0.4, 0.5) is 0 Å². The van der Waals surface area contributed by atoms with Gasteiger partial charge in [-0.3, -0.25) is 0 Å². The normalized spacial score (nSPS) is 45.4. The molecule has 5 unspecified atom stereocenters. The maximum atomic E-state index is 9.82. The first-order valence-corrected chi connectivity index (χ1v) is 4.86. The smallest absolute Gasteiger partial charge is 0.112 e. The molecular weight excluding hydrogens is 184 g/mol. The van der Waals surface area contributed by atoms with Crippen molar-refractivity contribution in [1.82, 2.24) is 0 Å². The zero-order valence-electron chi connectivity index (χ0n) is 8.26. The summed E-state index contributed by atoms with van der Waals surface area (Å²) in [6.07, 6.45) is 1.53. The van der Waals surface area contributed by atoms with Crippen molar-refractivity contribution < 1.29 is 19.3 Å². The Kier molecular flexibility index (Phi) is 2.76. The molecule has 2 aliphatic heterocycles. The van der Waals surface area contributed by atoms with E-state index in [2.05, 4.69) is 6.58 Å². The first-order chi connectivity index (χ1) is 6.77. The summed E-state index contributed by atoms with van der Waals surface area (Å²) < 4.78 is 15.9. The van der Waals surface area contributed by atoms with Gasteiger partial charge in [0, 0.05) is 13.0 Å². The molecule has 2 rings (SSSR count). The van der Waals surface area contributed by atoms with E-state index in [0.29, 0.717) is 6.61 Å². The summed E-state index contributed by atoms with van der Waals surface area (Å²) >= 11 is 0. The van der Waals surface area contributed by atoms with Crippen molar-refractivity contribution in [3.63, 3.8) is 0 Å². The van der Waals surface area contributed by atoms with Gasteiger partial charge in [-0.2, -0.15) is 0 Å². The van der Waals surface area contributed by atoms with Crippen LogP contribution in [0.25, 0.3) is 0 Å². The van der Waals surface area contributed by atoms with Crippen LogP contribution in [-0.2, 0) is 14.2 Å². The Balaban J connectivity index is 1.94. The fourth-order valence-corrected chi connectivity index (χ4v) is 2.42. The number of rotatable bonds is 4. The van der Waals surface area contributed by atoms with E-state index in [-0.39, 0.29) is 24.2 Å². The van der Waals surface area contributed by atoms with Gasteiger partial charge in [0.05, 0.1) is 25.1 Å². The molecule has 0 radical (unpaired) electrons. The van der Waals surface area contributed by atoms with E-state index in [1.54, 1.807) is 7.11 Å². The topological polar surface area (TPSA) is 47.9 Å². The summed E-state index contributed by atoms with van der Waals surface area (Å²) in [6, 6.07) is 0. The summed E-state index contributed by atoms with van der Waals surface area (Å²) in [7, 11) is 1.60. The van der Waals surface area contributed by atoms with E-state index >= 15 is 0 Å². The van der Waals surface area contributed by atoms with Crippen LogP contribution in [0.5, 0.6) is 0 Å². The molecule has 4 nitrogen and oxygen atoms in total. The van der Waals surface area contributed by atoms with Crippen molar-refractivity contribution in [2.75, 3.05) is 13.7 Å². The van der Waals surface area contributed by atoms with E-state index < -0.39 is 6.10 Å². The molecule has 80 valence electrons.